The smallest absolute Gasteiger partial charge is 0.337 e. The highest BCUT2D eigenvalue weighted by atomic mass is 35.5. The van der Waals surface area contributed by atoms with E-state index >= 15 is 0 Å². The molecule has 174 valence electrons. The number of carbonyl (C=O) groups is 1. The topological polar surface area (TPSA) is 112 Å². The average Bonchev–Trinajstić information content (AvgIpc) is 3.29. The third-order valence-electron chi connectivity index (χ3n) is 4.84. The number of hydrogen-bond acceptors (Lipinski definition) is 7. The number of carboxylic acids is 1. The lowest BCUT2D eigenvalue weighted by Gasteiger charge is -2.16. The first-order valence-corrected chi connectivity index (χ1v) is 11.1. The molecule has 0 aliphatic rings. The SMILES string of the molecule is CNc1ncnc(Nc2ccc(Cl)cc2C(=O)O)c1NCc1ccc(-c2cc(Cl)ccc2Cl)o1. The molecule has 0 radical (unpaired) electrons. The molecular weight excluding hydrogens is 501 g/mol. The quantitative estimate of drug-likeness (QED) is 0.202. The zero-order chi connectivity index (χ0) is 24.2. The van der Waals surface area contributed by atoms with Crippen LogP contribution >= 0.6 is 34.8 Å². The van der Waals surface area contributed by atoms with Gasteiger partial charge in [0, 0.05) is 22.7 Å². The highest BCUT2D eigenvalue weighted by Crippen LogP contribution is 2.34. The molecule has 0 bridgehead atoms. The maximum absolute atomic E-state index is 11.7. The van der Waals surface area contributed by atoms with Crippen LogP contribution in [0, 0.1) is 0 Å². The van der Waals surface area contributed by atoms with E-state index < -0.39 is 5.97 Å². The summed E-state index contributed by atoms with van der Waals surface area (Å²) >= 11 is 18.3. The molecule has 4 rings (SSSR count). The van der Waals surface area contributed by atoms with Crippen molar-refractivity contribution >= 4 is 63.8 Å². The van der Waals surface area contributed by atoms with E-state index in [1.54, 1.807) is 43.4 Å². The summed E-state index contributed by atoms with van der Waals surface area (Å²) in [5.74, 6) is 0.959. The van der Waals surface area contributed by atoms with Gasteiger partial charge in [-0.2, -0.15) is 0 Å². The monoisotopic (exact) mass is 517 g/mol. The molecule has 11 heteroatoms. The van der Waals surface area contributed by atoms with Crippen LogP contribution in [0.15, 0.2) is 59.3 Å². The van der Waals surface area contributed by atoms with Crippen LogP contribution in [0.25, 0.3) is 11.3 Å². The first-order valence-electron chi connectivity index (χ1n) is 9.96. The van der Waals surface area contributed by atoms with Crippen LogP contribution in [0.5, 0.6) is 0 Å². The van der Waals surface area contributed by atoms with Crippen LogP contribution in [0.1, 0.15) is 16.1 Å². The van der Waals surface area contributed by atoms with Gasteiger partial charge in [0.1, 0.15) is 23.5 Å². The summed E-state index contributed by atoms with van der Waals surface area (Å²) in [6.45, 7) is 0.293. The third kappa shape index (κ3) is 5.20. The van der Waals surface area contributed by atoms with Gasteiger partial charge >= 0.3 is 5.97 Å². The van der Waals surface area contributed by atoms with Crippen molar-refractivity contribution in [3.05, 3.63) is 81.2 Å². The third-order valence-corrected chi connectivity index (χ3v) is 5.64. The van der Waals surface area contributed by atoms with Crippen LogP contribution in [0.2, 0.25) is 15.1 Å². The molecule has 0 amide bonds. The van der Waals surface area contributed by atoms with Gasteiger partial charge in [0.05, 0.1) is 22.8 Å². The van der Waals surface area contributed by atoms with E-state index in [0.717, 1.165) is 0 Å². The van der Waals surface area contributed by atoms with Crippen molar-refractivity contribution in [2.45, 2.75) is 6.54 Å². The fourth-order valence-corrected chi connectivity index (χ4v) is 3.80. The number of hydrogen-bond donors (Lipinski definition) is 4. The lowest BCUT2D eigenvalue weighted by Crippen LogP contribution is -2.10. The number of furan rings is 1. The van der Waals surface area contributed by atoms with E-state index in [1.165, 1.54) is 12.4 Å². The summed E-state index contributed by atoms with van der Waals surface area (Å²) in [7, 11) is 1.72. The average molecular weight is 519 g/mol. The minimum atomic E-state index is -1.12. The van der Waals surface area contributed by atoms with E-state index in [2.05, 4.69) is 25.9 Å². The van der Waals surface area contributed by atoms with Gasteiger partial charge in [0.15, 0.2) is 11.6 Å². The van der Waals surface area contributed by atoms with Crippen molar-refractivity contribution in [2.75, 3.05) is 23.0 Å². The van der Waals surface area contributed by atoms with Crippen molar-refractivity contribution in [3.63, 3.8) is 0 Å². The lowest BCUT2D eigenvalue weighted by atomic mass is 10.1. The van der Waals surface area contributed by atoms with E-state index in [0.29, 0.717) is 61.7 Å². The Morgan fingerprint density at radius 3 is 2.50 bits per heavy atom. The maximum atomic E-state index is 11.7. The molecule has 0 saturated carbocycles. The second kappa shape index (κ2) is 10.2. The van der Waals surface area contributed by atoms with Gasteiger partial charge in [0.2, 0.25) is 0 Å². The summed E-state index contributed by atoms with van der Waals surface area (Å²) in [5, 5.41) is 20.2. The molecule has 2 heterocycles. The number of rotatable bonds is 8. The number of aromatic nitrogens is 2. The summed E-state index contributed by atoms with van der Waals surface area (Å²) in [6.07, 6.45) is 1.36. The molecule has 0 aliphatic carbocycles. The van der Waals surface area contributed by atoms with Crippen LogP contribution in [0.4, 0.5) is 23.0 Å². The van der Waals surface area contributed by atoms with Crippen LogP contribution in [-0.2, 0) is 6.54 Å². The first kappa shape index (κ1) is 23.7. The van der Waals surface area contributed by atoms with Crippen LogP contribution < -0.4 is 16.0 Å². The van der Waals surface area contributed by atoms with Crippen molar-refractivity contribution in [1.82, 2.24) is 9.97 Å². The fraction of sp³-hybridized carbons (Fsp3) is 0.0870. The van der Waals surface area contributed by atoms with Crippen LogP contribution in [-0.4, -0.2) is 28.1 Å². The molecule has 8 nitrogen and oxygen atoms in total. The van der Waals surface area contributed by atoms with Crippen molar-refractivity contribution in [1.29, 1.82) is 0 Å². The highest BCUT2D eigenvalue weighted by Gasteiger charge is 2.17. The molecule has 2 aromatic carbocycles. The largest absolute Gasteiger partial charge is 0.478 e. The molecule has 2 aromatic heterocycles. The summed E-state index contributed by atoms with van der Waals surface area (Å²) in [5.41, 5.74) is 1.55. The van der Waals surface area contributed by atoms with Gasteiger partial charge in [0.25, 0.3) is 0 Å². The molecule has 0 spiro atoms. The zero-order valence-electron chi connectivity index (χ0n) is 17.7. The Balaban J connectivity index is 1.60. The molecule has 0 unspecified atom stereocenters. The van der Waals surface area contributed by atoms with Crippen LogP contribution in [0.3, 0.4) is 0 Å². The highest BCUT2D eigenvalue weighted by molar-refractivity contribution is 6.35. The summed E-state index contributed by atoms with van der Waals surface area (Å²) in [4.78, 5) is 20.2. The minimum Gasteiger partial charge on any atom is -0.478 e. The number of nitrogens with one attached hydrogen (secondary N) is 3. The van der Waals surface area contributed by atoms with Crippen molar-refractivity contribution in [3.8, 4) is 11.3 Å². The summed E-state index contributed by atoms with van der Waals surface area (Å²) in [6, 6.07) is 13.3. The second-order valence-corrected chi connectivity index (χ2v) is 8.34. The van der Waals surface area contributed by atoms with E-state index in [4.69, 9.17) is 39.2 Å². The lowest BCUT2D eigenvalue weighted by molar-refractivity contribution is 0.0698. The number of nitrogens with zero attached hydrogens (tertiary/aromatic N) is 2. The Labute approximate surface area is 209 Å². The Morgan fingerprint density at radius 1 is 1.00 bits per heavy atom. The molecule has 4 aromatic rings. The number of carboxylic acid groups (broad SMARTS) is 1. The first-order chi connectivity index (χ1) is 16.4. The molecule has 0 atom stereocenters. The minimum absolute atomic E-state index is 0.0112. The van der Waals surface area contributed by atoms with Gasteiger partial charge in [-0.25, -0.2) is 14.8 Å². The summed E-state index contributed by atoms with van der Waals surface area (Å²) < 4.78 is 5.94. The Bertz CT molecular complexity index is 1360. The van der Waals surface area contributed by atoms with Gasteiger partial charge in [-0.3, -0.25) is 0 Å². The molecule has 0 fully saturated rings. The van der Waals surface area contributed by atoms with E-state index in [9.17, 15) is 9.90 Å². The fourth-order valence-electron chi connectivity index (χ4n) is 3.25. The van der Waals surface area contributed by atoms with Gasteiger partial charge < -0.3 is 25.5 Å². The molecular formula is C23H18Cl3N5O3. The van der Waals surface area contributed by atoms with E-state index in [1.807, 2.05) is 6.07 Å². The normalized spacial score (nSPS) is 10.7. The van der Waals surface area contributed by atoms with Gasteiger partial charge in [-0.05, 0) is 48.5 Å². The predicted molar refractivity (Wildman–Crippen MR) is 135 cm³/mol. The van der Waals surface area contributed by atoms with Gasteiger partial charge in [-0.1, -0.05) is 34.8 Å². The Hall–Kier alpha value is -3.46. The van der Waals surface area contributed by atoms with Crippen molar-refractivity contribution < 1.29 is 14.3 Å². The molecule has 4 N–H and O–H groups in total. The van der Waals surface area contributed by atoms with E-state index in [-0.39, 0.29) is 5.56 Å². The second-order valence-electron chi connectivity index (χ2n) is 7.06. The number of benzene rings is 2. The zero-order valence-corrected chi connectivity index (χ0v) is 20.0. The Morgan fingerprint density at radius 2 is 1.74 bits per heavy atom. The number of aromatic carboxylic acids is 1. The number of halogens is 3. The molecule has 0 aliphatic heterocycles. The number of anilines is 4. The van der Waals surface area contributed by atoms with Crippen molar-refractivity contribution in [2.24, 2.45) is 0 Å². The predicted octanol–water partition coefficient (Wildman–Crippen LogP) is 6.79. The van der Waals surface area contributed by atoms with Gasteiger partial charge in [-0.15, -0.1) is 0 Å². The molecule has 0 saturated heterocycles. The maximum Gasteiger partial charge on any atom is 0.337 e. The standard InChI is InChI=1S/C23H18Cl3N5O3/c1-27-21-20(22(30-11-29-21)31-18-6-3-13(25)9-16(18)23(32)33)28-10-14-4-7-19(34-14)15-8-12(24)2-5-17(15)26/h2-9,11,28H,10H2,1H3,(H,32,33)(H2,27,29,30,31). The Kier molecular flexibility index (Phi) is 7.12. The molecule has 34 heavy (non-hydrogen) atoms.